The molecule has 250 valence electrons. The van der Waals surface area contributed by atoms with Crippen LogP contribution in [0.2, 0.25) is 0 Å². The molecule has 0 bridgehead atoms. The molecule has 0 radical (unpaired) electrons. The Hall–Kier alpha value is -3.82. The Labute approximate surface area is 261 Å². The summed E-state index contributed by atoms with van der Waals surface area (Å²) in [5.41, 5.74) is 6.17. The topological polar surface area (TPSA) is 119 Å². The number of rotatable bonds is 12. The van der Waals surface area contributed by atoms with Gasteiger partial charge in [0, 0.05) is 30.2 Å². The van der Waals surface area contributed by atoms with Crippen LogP contribution in [0.1, 0.15) is 52.7 Å². The van der Waals surface area contributed by atoms with E-state index in [1.54, 1.807) is 23.1 Å². The number of hydrogen-bond donors (Lipinski definition) is 2. The summed E-state index contributed by atoms with van der Waals surface area (Å²) in [5, 5.41) is 9.89. The monoisotopic (exact) mass is 674 g/mol. The minimum absolute atomic E-state index is 0.0243. The van der Waals surface area contributed by atoms with Crippen molar-refractivity contribution in [2.24, 2.45) is 5.73 Å². The van der Waals surface area contributed by atoms with E-state index in [2.05, 4.69) is 4.74 Å². The Kier molecular flexibility index (Phi) is 10.6. The van der Waals surface area contributed by atoms with Crippen molar-refractivity contribution in [1.82, 2.24) is 0 Å². The van der Waals surface area contributed by atoms with Gasteiger partial charge in [-0.15, -0.1) is 13.2 Å². The molecule has 3 N–H and O–H groups in total. The van der Waals surface area contributed by atoms with Crippen LogP contribution in [-0.2, 0) is 20.8 Å². The highest BCUT2D eigenvalue weighted by molar-refractivity contribution is 7.91. The SMILES string of the molecule is CCS(=O)(=O)c1ccc([C@H](CCO)c2cc(N3C[C@@H](Oc4ccc(C(F)(F)F)cc4)C[C@H]3COC(F)(F)F)ccc2C(N)=O)cc1. The van der Waals surface area contributed by atoms with Crippen LogP contribution < -0.4 is 15.4 Å². The average Bonchev–Trinajstić information content (AvgIpc) is 3.40. The first-order valence-electron chi connectivity index (χ1n) is 14.2. The minimum Gasteiger partial charge on any atom is -0.489 e. The fraction of sp³-hybridized carbons (Fsp3) is 0.387. The highest BCUT2D eigenvalue weighted by Gasteiger charge is 2.39. The number of carbonyl (C=O) groups excluding carboxylic acids is 1. The number of carbonyl (C=O) groups is 1. The number of amides is 1. The number of sulfone groups is 1. The first kappa shape index (κ1) is 35.0. The van der Waals surface area contributed by atoms with Crippen LogP contribution in [0.15, 0.2) is 71.6 Å². The molecule has 1 amide bonds. The highest BCUT2D eigenvalue weighted by Crippen LogP contribution is 2.37. The van der Waals surface area contributed by atoms with Gasteiger partial charge in [0.15, 0.2) is 9.84 Å². The van der Waals surface area contributed by atoms with Gasteiger partial charge in [-0.25, -0.2) is 8.42 Å². The van der Waals surface area contributed by atoms with E-state index in [0.717, 1.165) is 24.3 Å². The van der Waals surface area contributed by atoms with Crippen LogP contribution in [0.3, 0.4) is 0 Å². The van der Waals surface area contributed by atoms with Crippen molar-refractivity contribution in [3.05, 3.63) is 89.0 Å². The fourth-order valence-electron chi connectivity index (χ4n) is 5.49. The van der Waals surface area contributed by atoms with Gasteiger partial charge in [0.1, 0.15) is 11.9 Å². The maximum Gasteiger partial charge on any atom is 0.522 e. The van der Waals surface area contributed by atoms with Crippen molar-refractivity contribution < 1.29 is 54.1 Å². The third-order valence-corrected chi connectivity index (χ3v) is 9.50. The minimum atomic E-state index is -4.93. The Balaban J connectivity index is 1.69. The molecule has 0 spiro atoms. The molecule has 8 nitrogen and oxygen atoms in total. The van der Waals surface area contributed by atoms with Gasteiger partial charge in [0.05, 0.1) is 35.4 Å². The van der Waals surface area contributed by atoms with Crippen molar-refractivity contribution in [3.63, 3.8) is 0 Å². The molecule has 0 saturated carbocycles. The molecule has 1 fully saturated rings. The number of primary amides is 1. The molecular weight excluding hydrogens is 642 g/mol. The maximum absolute atomic E-state index is 13.0. The summed E-state index contributed by atoms with van der Waals surface area (Å²) < 4.78 is 113. The molecule has 0 aliphatic carbocycles. The van der Waals surface area contributed by atoms with Gasteiger partial charge in [-0.1, -0.05) is 19.1 Å². The summed E-state index contributed by atoms with van der Waals surface area (Å²) in [7, 11) is -3.50. The number of aliphatic hydroxyl groups excluding tert-OH is 1. The second kappa shape index (κ2) is 13.9. The number of nitrogens with zero attached hydrogens (tertiary/aromatic N) is 1. The zero-order valence-corrected chi connectivity index (χ0v) is 25.3. The second-order valence-electron chi connectivity index (χ2n) is 10.7. The molecule has 1 aliphatic rings. The van der Waals surface area contributed by atoms with Crippen molar-refractivity contribution in [1.29, 1.82) is 0 Å². The van der Waals surface area contributed by atoms with E-state index in [1.165, 1.54) is 31.2 Å². The lowest BCUT2D eigenvalue weighted by atomic mass is 9.85. The first-order valence-corrected chi connectivity index (χ1v) is 15.9. The summed E-state index contributed by atoms with van der Waals surface area (Å²) in [5.74, 6) is -1.47. The van der Waals surface area contributed by atoms with Crippen LogP contribution in [0, 0.1) is 0 Å². The number of hydrogen-bond acceptors (Lipinski definition) is 7. The van der Waals surface area contributed by atoms with Crippen LogP contribution >= 0.6 is 0 Å². The second-order valence-corrected chi connectivity index (χ2v) is 13.0. The summed E-state index contributed by atoms with van der Waals surface area (Å²) in [6, 6.07) is 13.5. The largest absolute Gasteiger partial charge is 0.522 e. The number of halogens is 6. The molecule has 46 heavy (non-hydrogen) atoms. The molecule has 0 unspecified atom stereocenters. The molecule has 1 aliphatic heterocycles. The Bertz CT molecular complexity index is 1610. The van der Waals surface area contributed by atoms with E-state index in [1.807, 2.05) is 0 Å². The van der Waals surface area contributed by atoms with Gasteiger partial charge in [0.25, 0.3) is 0 Å². The number of ether oxygens (including phenoxy) is 2. The molecule has 3 atom stereocenters. The molecule has 0 aromatic heterocycles. The average molecular weight is 675 g/mol. The van der Waals surface area contributed by atoms with Gasteiger partial charge < -0.3 is 20.5 Å². The number of nitrogens with two attached hydrogens (primary N) is 1. The van der Waals surface area contributed by atoms with E-state index in [-0.39, 0.29) is 48.0 Å². The third kappa shape index (κ3) is 8.50. The molecule has 4 rings (SSSR count). The molecule has 1 heterocycles. The van der Waals surface area contributed by atoms with E-state index in [9.17, 15) is 44.7 Å². The molecular formula is C31H32F6N2O6S. The summed E-state index contributed by atoms with van der Waals surface area (Å²) in [4.78, 5) is 14.1. The van der Waals surface area contributed by atoms with Crippen molar-refractivity contribution in [3.8, 4) is 5.75 Å². The summed E-state index contributed by atoms with van der Waals surface area (Å²) in [6.45, 7) is 0.428. The van der Waals surface area contributed by atoms with Gasteiger partial charge in [-0.3, -0.25) is 9.53 Å². The Morgan fingerprint density at radius 3 is 2.22 bits per heavy atom. The van der Waals surface area contributed by atoms with Gasteiger partial charge >= 0.3 is 12.5 Å². The number of anilines is 1. The van der Waals surface area contributed by atoms with Crippen LogP contribution in [0.4, 0.5) is 32.0 Å². The number of alkyl halides is 6. The van der Waals surface area contributed by atoms with Gasteiger partial charge in [0.2, 0.25) is 5.91 Å². The van der Waals surface area contributed by atoms with E-state index < -0.39 is 58.5 Å². The predicted octanol–water partition coefficient (Wildman–Crippen LogP) is 5.67. The molecule has 15 heteroatoms. The zero-order chi connectivity index (χ0) is 33.9. The lowest BCUT2D eigenvalue weighted by molar-refractivity contribution is -0.325. The van der Waals surface area contributed by atoms with Crippen molar-refractivity contribution >= 4 is 21.4 Å². The van der Waals surface area contributed by atoms with Crippen LogP contribution in [0.25, 0.3) is 0 Å². The first-order chi connectivity index (χ1) is 21.5. The lowest BCUT2D eigenvalue weighted by Gasteiger charge is -2.29. The number of aliphatic hydroxyl groups is 1. The highest BCUT2D eigenvalue weighted by atomic mass is 32.2. The Morgan fingerprint density at radius 1 is 1.02 bits per heavy atom. The summed E-state index contributed by atoms with van der Waals surface area (Å²) >= 11 is 0. The molecule has 3 aromatic rings. The smallest absolute Gasteiger partial charge is 0.489 e. The van der Waals surface area contributed by atoms with E-state index >= 15 is 0 Å². The molecule has 1 saturated heterocycles. The fourth-order valence-corrected chi connectivity index (χ4v) is 6.37. The van der Waals surface area contributed by atoms with Crippen LogP contribution in [0.5, 0.6) is 5.75 Å². The lowest BCUT2D eigenvalue weighted by Crippen LogP contribution is -2.35. The van der Waals surface area contributed by atoms with Gasteiger partial charge in [-0.05, 0) is 72.1 Å². The van der Waals surface area contributed by atoms with E-state index in [4.69, 9.17) is 10.5 Å². The predicted molar refractivity (Wildman–Crippen MR) is 156 cm³/mol. The molecule has 3 aromatic carbocycles. The van der Waals surface area contributed by atoms with Crippen molar-refractivity contribution in [2.75, 3.05) is 30.4 Å². The normalized spacial score (nSPS) is 18.0. The van der Waals surface area contributed by atoms with E-state index in [0.29, 0.717) is 16.8 Å². The zero-order valence-electron chi connectivity index (χ0n) is 24.5. The third-order valence-electron chi connectivity index (χ3n) is 7.75. The quantitative estimate of drug-likeness (QED) is 0.238. The standard InChI is InChI=1S/C31H32F6N2O6S/c1-2-46(42,43)25-10-3-19(4-11-25)26(13-14-40)28-16-21(7-12-27(28)29(38)41)39-17-24(15-22(39)18-44-31(35,36)37)45-23-8-5-20(6-9-23)30(32,33)34/h3-12,16,22,24,26,40H,2,13-15,17-18H2,1H3,(H2,38,41)/t22-,24-,26-/m0/s1. The van der Waals surface area contributed by atoms with Crippen molar-refractivity contribution in [2.45, 2.75) is 55.3 Å². The summed E-state index contributed by atoms with van der Waals surface area (Å²) in [6.07, 6.45) is -10.1. The van der Waals surface area contributed by atoms with Crippen LogP contribution in [-0.4, -0.2) is 63.5 Å². The maximum atomic E-state index is 13.0. The number of benzene rings is 3. The van der Waals surface area contributed by atoms with Gasteiger partial charge in [-0.2, -0.15) is 13.2 Å². The Morgan fingerprint density at radius 2 is 1.67 bits per heavy atom.